The summed E-state index contributed by atoms with van der Waals surface area (Å²) in [7, 11) is 1.58. The summed E-state index contributed by atoms with van der Waals surface area (Å²) in [6.07, 6.45) is 5.01. The van der Waals surface area contributed by atoms with Crippen LogP contribution in [0.2, 0.25) is 0 Å². The van der Waals surface area contributed by atoms with Crippen LogP contribution in [-0.4, -0.2) is 30.7 Å². The van der Waals surface area contributed by atoms with E-state index in [2.05, 4.69) is 16.9 Å². The average molecular weight is 374 g/mol. The molecule has 7 heteroatoms. The van der Waals surface area contributed by atoms with Crippen LogP contribution in [0.3, 0.4) is 0 Å². The molecule has 0 spiro atoms. The third-order valence-corrected chi connectivity index (χ3v) is 4.29. The number of amidine groups is 1. The fourth-order valence-electron chi connectivity index (χ4n) is 2.36. The molecule has 0 saturated heterocycles. The predicted molar refractivity (Wildman–Crippen MR) is 105 cm³/mol. The van der Waals surface area contributed by atoms with Crippen LogP contribution in [0.1, 0.15) is 31.4 Å². The van der Waals surface area contributed by atoms with Crippen LogP contribution in [0, 0.1) is 0 Å². The first kappa shape index (κ1) is 19.8. The van der Waals surface area contributed by atoms with Crippen molar-refractivity contribution in [2.45, 2.75) is 26.7 Å². The molecule has 6 nitrogen and oxygen atoms in total. The van der Waals surface area contributed by atoms with Gasteiger partial charge in [-0.05, 0) is 48.4 Å². The Balaban J connectivity index is 2.35. The average Bonchev–Trinajstić information content (AvgIpc) is 2.92. The summed E-state index contributed by atoms with van der Waals surface area (Å²) in [5.41, 5.74) is 1.72. The molecule has 138 valence electrons. The molecular weight excluding hydrogens is 352 g/mol. The second kappa shape index (κ2) is 9.24. The van der Waals surface area contributed by atoms with Crippen LogP contribution in [0.4, 0.5) is 0 Å². The van der Waals surface area contributed by atoms with Gasteiger partial charge in [0.2, 0.25) is 5.91 Å². The molecule has 0 atom stereocenters. The molecule has 0 radical (unpaired) electrons. The van der Waals surface area contributed by atoms with Gasteiger partial charge < -0.3 is 14.8 Å². The van der Waals surface area contributed by atoms with E-state index >= 15 is 0 Å². The van der Waals surface area contributed by atoms with Gasteiger partial charge in [-0.2, -0.15) is 4.99 Å². The Labute approximate surface area is 157 Å². The van der Waals surface area contributed by atoms with Gasteiger partial charge in [0.15, 0.2) is 16.7 Å². The maximum Gasteiger partial charge on any atom is 0.286 e. The van der Waals surface area contributed by atoms with E-state index in [1.807, 2.05) is 19.1 Å². The number of thioether (sulfide) groups is 1. The van der Waals surface area contributed by atoms with Crippen LogP contribution in [0.25, 0.3) is 6.08 Å². The number of rotatable bonds is 7. The van der Waals surface area contributed by atoms with Crippen molar-refractivity contribution in [1.29, 1.82) is 0 Å². The Morgan fingerprint density at radius 2 is 2.19 bits per heavy atom. The van der Waals surface area contributed by atoms with Crippen molar-refractivity contribution in [3.8, 4) is 11.5 Å². The molecule has 0 aliphatic carbocycles. The Morgan fingerprint density at radius 1 is 1.42 bits per heavy atom. The third kappa shape index (κ3) is 4.98. The number of methoxy groups -OCH3 is 1. The zero-order chi connectivity index (χ0) is 19.1. The summed E-state index contributed by atoms with van der Waals surface area (Å²) in [6.45, 7) is 7.78. The molecule has 0 fully saturated rings. The lowest BCUT2D eigenvalue weighted by atomic mass is 10.0. The first-order valence-electron chi connectivity index (χ1n) is 8.23. The summed E-state index contributed by atoms with van der Waals surface area (Å²) in [6, 6.07) is 3.75. The number of hydrogen-bond acceptors (Lipinski definition) is 5. The lowest BCUT2D eigenvalue weighted by Crippen LogP contribution is -2.23. The highest BCUT2D eigenvalue weighted by Gasteiger charge is 2.23. The second-order valence-corrected chi connectivity index (χ2v) is 6.60. The number of benzene rings is 1. The summed E-state index contributed by atoms with van der Waals surface area (Å²) in [5, 5.41) is 2.82. The molecule has 0 aromatic heterocycles. The summed E-state index contributed by atoms with van der Waals surface area (Å²) >= 11 is 1.13. The number of hydrogen-bond donors (Lipinski definition) is 1. The zero-order valence-corrected chi connectivity index (χ0v) is 15.9. The van der Waals surface area contributed by atoms with Crippen molar-refractivity contribution in [3.05, 3.63) is 40.8 Å². The van der Waals surface area contributed by atoms with Gasteiger partial charge in [0.1, 0.15) is 0 Å². The highest BCUT2D eigenvalue weighted by atomic mass is 32.2. The van der Waals surface area contributed by atoms with E-state index < -0.39 is 0 Å². The molecule has 26 heavy (non-hydrogen) atoms. The number of carbonyl (C=O) groups excluding carboxylic acids is 2. The normalized spacial score (nSPS) is 15.0. The molecule has 2 rings (SSSR count). The second-order valence-electron chi connectivity index (χ2n) is 5.57. The molecule has 1 aliphatic rings. The van der Waals surface area contributed by atoms with Gasteiger partial charge in [-0.3, -0.25) is 9.59 Å². The first-order chi connectivity index (χ1) is 12.5. The topological polar surface area (TPSA) is 77.0 Å². The van der Waals surface area contributed by atoms with Crippen molar-refractivity contribution in [2.75, 3.05) is 13.7 Å². The maximum atomic E-state index is 12.0. The number of nitrogens with one attached hydrogen (secondary N) is 1. The Hall–Kier alpha value is -2.54. The van der Waals surface area contributed by atoms with Gasteiger partial charge in [-0.1, -0.05) is 13.0 Å². The van der Waals surface area contributed by atoms with Gasteiger partial charge in [0, 0.05) is 12.5 Å². The molecule has 1 aromatic rings. The standard InChI is InChI=1S/C19H22N2O4S/c1-5-7-14-9-13(10-15(24-4)17(14)25-8-6-2)11-16-18(23)21-19(26-16)20-12(3)22/h5,9-11H,1,6-8H2,2-4H3,(H,20,21,22,23)/b16-11+. The van der Waals surface area contributed by atoms with Gasteiger partial charge in [0.05, 0.1) is 18.6 Å². The smallest absolute Gasteiger partial charge is 0.286 e. The number of carbonyl (C=O) groups is 2. The van der Waals surface area contributed by atoms with Gasteiger partial charge in [-0.25, -0.2) is 0 Å². The molecule has 1 aliphatic heterocycles. The number of allylic oxidation sites excluding steroid dienone is 1. The Morgan fingerprint density at radius 3 is 2.81 bits per heavy atom. The molecule has 0 saturated carbocycles. The van der Waals surface area contributed by atoms with Crippen molar-refractivity contribution >= 4 is 34.8 Å². The predicted octanol–water partition coefficient (Wildman–Crippen LogP) is 3.32. The highest BCUT2D eigenvalue weighted by molar-refractivity contribution is 8.18. The quantitative estimate of drug-likeness (QED) is 0.585. The fraction of sp³-hybridized carbons (Fsp3) is 0.316. The Kier molecular flexibility index (Phi) is 7.03. The minimum atomic E-state index is -0.380. The highest BCUT2D eigenvalue weighted by Crippen LogP contribution is 2.36. The molecule has 1 aromatic carbocycles. The van der Waals surface area contributed by atoms with Crippen molar-refractivity contribution < 1.29 is 19.1 Å². The SMILES string of the molecule is C=CCc1cc(/C=C2/SC(NC(C)=O)=NC2=O)cc(OC)c1OCCC. The summed E-state index contributed by atoms with van der Waals surface area (Å²) in [5.74, 6) is 0.645. The van der Waals surface area contributed by atoms with E-state index in [1.165, 1.54) is 6.92 Å². The number of nitrogens with zero attached hydrogens (tertiary/aromatic N) is 1. The van der Waals surface area contributed by atoms with Crippen molar-refractivity contribution in [1.82, 2.24) is 5.32 Å². The zero-order valence-electron chi connectivity index (χ0n) is 15.1. The molecular formula is C19H22N2O4S. The summed E-state index contributed by atoms with van der Waals surface area (Å²) < 4.78 is 11.3. The largest absolute Gasteiger partial charge is 0.493 e. The van der Waals surface area contributed by atoms with E-state index in [4.69, 9.17) is 9.47 Å². The summed E-state index contributed by atoms with van der Waals surface area (Å²) in [4.78, 5) is 27.4. The van der Waals surface area contributed by atoms with E-state index in [-0.39, 0.29) is 17.0 Å². The van der Waals surface area contributed by atoms with Crippen LogP contribution in [0.5, 0.6) is 11.5 Å². The number of aliphatic imine (C=N–C) groups is 1. The Bertz CT molecular complexity index is 784. The van der Waals surface area contributed by atoms with Gasteiger partial charge in [-0.15, -0.1) is 6.58 Å². The molecule has 1 heterocycles. The monoisotopic (exact) mass is 374 g/mol. The van der Waals surface area contributed by atoms with Crippen molar-refractivity contribution in [3.63, 3.8) is 0 Å². The van der Waals surface area contributed by atoms with Crippen molar-refractivity contribution in [2.24, 2.45) is 4.99 Å². The molecule has 0 bridgehead atoms. The molecule has 0 unspecified atom stereocenters. The first-order valence-corrected chi connectivity index (χ1v) is 9.04. The minimum absolute atomic E-state index is 0.266. The lowest BCUT2D eigenvalue weighted by Gasteiger charge is -2.15. The van der Waals surface area contributed by atoms with Crippen LogP contribution < -0.4 is 14.8 Å². The van der Waals surface area contributed by atoms with Crippen LogP contribution in [0.15, 0.2) is 34.7 Å². The van der Waals surface area contributed by atoms with E-state index in [1.54, 1.807) is 19.3 Å². The number of amides is 2. The molecule has 1 N–H and O–H groups in total. The van der Waals surface area contributed by atoms with Gasteiger partial charge in [0.25, 0.3) is 5.91 Å². The minimum Gasteiger partial charge on any atom is -0.493 e. The number of ether oxygens (including phenoxy) is 2. The van der Waals surface area contributed by atoms with Crippen LogP contribution >= 0.6 is 11.8 Å². The lowest BCUT2D eigenvalue weighted by molar-refractivity contribution is -0.117. The fourth-order valence-corrected chi connectivity index (χ4v) is 3.22. The maximum absolute atomic E-state index is 12.0. The van der Waals surface area contributed by atoms with E-state index in [0.29, 0.717) is 29.4 Å². The van der Waals surface area contributed by atoms with E-state index in [9.17, 15) is 9.59 Å². The van der Waals surface area contributed by atoms with E-state index in [0.717, 1.165) is 29.3 Å². The van der Waals surface area contributed by atoms with Crippen LogP contribution in [-0.2, 0) is 16.0 Å². The third-order valence-electron chi connectivity index (χ3n) is 3.39. The van der Waals surface area contributed by atoms with Gasteiger partial charge >= 0.3 is 0 Å². The molecule has 2 amide bonds.